The van der Waals surface area contributed by atoms with E-state index >= 15 is 0 Å². The third-order valence-corrected chi connectivity index (χ3v) is 4.37. The van der Waals surface area contributed by atoms with E-state index in [9.17, 15) is 9.59 Å². The van der Waals surface area contributed by atoms with Crippen molar-refractivity contribution < 1.29 is 19.1 Å². The first kappa shape index (κ1) is 16.1. The summed E-state index contributed by atoms with van der Waals surface area (Å²) in [6, 6.07) is 14.3. The molecule has 0 bridgehead atoms. The van der Waals surface area contributed by atoms with Crippen LogP contribution >= 0.6 is 0 Å². The first-order valence-electron chi connectivity index (χ1n) is 7.74. The number of nitrogens with one attached hydrogen (secondary N) is 1. The summed E-state index contributed by atoms with van der Waals surface area (Å²) in [5, 5.41) is 2.93. The minimum absolute atomic E-state index is 0.0576. The molecule has 2 aromatic carbocycles. The van der Waals surface area contributed by atoms with Crippen LogP contribution in [0.5, 0.6) is 5.75 Å². The van der Waals surface area contributed by atoms with E-state index < -0.39 is 11.4 Å². The lowest BCUT2D eigenvalue weighted by Crippen LogP contribution is -2.28. The van der Waals surface area contributed by atoms with Gasteiger partial charge in [-0.05, 0) is 43.2 Å². The van der Waals surface area contributed by atoms with Crippen LogP contribution in [0.4, 0.5) is 5.69 Å². The summed E-state index contributed by atoms with van der Waals surface area (Å²) in [6.07, 6.45) is 1.58. The molecule has 3 rings (SSSR count). The Labute approximate surface area is 140 Å². The number of hydrogen-bond donors (Lipinski definition) is 1. The van der Waals surface area contributed by atoms with Crippen LogP contribution in [0.2, 0.25) is 0 Å². The maximum atomic E-state index is 12.8. The van der Waals surface area contributed by atoms with E-state index in [1.165, 1.54) is 7.11 Å². The summed E-state index contributed by atoms with van der Waals surface area (Å²) in [6.45, 7) is 0. The smallest absolute Gasteiger partial charge is 0.337 e. The number of para-hydroxylation sites is 1. The number of ether oxygens (including phenoxy) is 2. The predicted molar refractivity (Wildman–Crippen MR) is 90.3 cm³/mol. The molecule has 1 aliphatic rings. The van der Waals surface area contributed by atoms with Crippen LogP contribution in [0.15, 0.2) is 48.5 Å². The third kappa shape index (κ3) is 2.85. The maximum absolute atomic E-state index is 12.8. The van der Waals surface area contributed by atoms with Gasteiger partial charge in [0.2, 0.25) is 5.91 Å². The normalized spacial score (nSPS) is 14.6. The molecule has 0 saturated heterocycles. The topological polar surface area (TPSA) is 64.6 Å². The van der Waals surface area contributed by atoms with E-state index in [0.717, 1.165) is 24.2 Å². The van der Waals surface area contributed by atoms with Crippen molar-refractivity contribution in [1.29, 1.82) is 0 Å². The number of anilines is 1. The number of hydrogen-bond acceptors (Lipinski definition) is 4. The Balaban J connectivity index is 1.78. The van der Waals surface area contributed by atoms with Crippen molar-refractivity contribution in [3.63, 3.8) is 0 Å². The van der Waals surface area contributed by atoms with E-state index in [4.69, 9.17) is 4.74 Å². The van der Waals surface area contributed by atoms with Crippen LogP contribution in [0.25, 0.3) is 0 Å². The molecule has 0 aromatic heterocycles. The second-order valence-corrected chi connectivity index (χ2v) is 5.81. The lowest BCUT2D eigenvalue weighted by Gasteiger charge is -2.18. The Kier molecular flexibility index (Phi) is 4.25. The van der Waals surface area contributed by atoms with Gasteiger partial charge in [-0.15, -0.1) is 0 Å². The molecule has 1 amide bonds. The van der Waals surface area contributed by atoms with Crippen LogP contribution < -0.4 is 10.1 Å². The molecule has 0 aliphatic heterocycles. The number of esters is 1. The molecule has 0 atom stereocenters. The quantitative estimate of drug-likeness (QED) is 0.858. The van der Waals surface area contributed by atoms with Crippen molar-refractivity contribution in [3.05, 3.63) is 59.7 Å². The molecule has 1 N–H and O–H groups in total. The minimum Gasteiger partial charge on any atom is -0.496 e. The van der Waals surface area contributed by atoms with Gasteiger partial charge >= 0.3 is 5.97 Å². The molecule has 5 heteroatoms. The second kappa shape index (κ2) is 6.35. The van der Waals surface area contributed by atoms with Crippen molar-refractivity contribution in [2.75, 3.05) is 19.5 Å². The zero-order chi connectivity index (χ0) is 17.2. The molecule has 5 nitrogen and oxygen atoms in total. The van der Waals surface area contributed by atoms with Crippen LogP contribution in [0, 0.1) is 0 Å². The lowest BCUT2D eigenvalue weighted by molar-refractivity contribution is -0.118. The molecule has 0 heterocycles. The Hall–Kier alpha value is -2.82. The van der Waals surface area contributed by atoms with Crippen LogP contribution in [0.3, 0.4) is 0 Å². The van der Waals surface area contributed by atoms with Gasteiger partial charge in [-0.3, -0.25) is 4.79 Å². The van der Waals surface area contributed by atoms with Gasteiger partial charge in [-0.25, -0.2) is 4.79 Å². The molecular formula is C19H19NO4. The summed E-state index contributed by atoms with van der Waals surface area (Å²) in [4.78, 5) is 24.2. The summed E-state index contributed by atoms with van der Waals surface area (Å²) in [5.41, 5.74) is 1.47. The standard InChI is InChI=1S/C19H19NO4/c1-23-16-6-4-3-5-15(16)19(11-12-19)18(22)20-14-9-7-13(8-10-14)17(21)24-2/h3-10H,11-12H2,1-2H3,(H,20,22). The number of amides is 1. The lowest BCUT2D eigenvalue weighted by atomic mass is 9.94. The monoisotopic (exact) mass is 325 g/mol. The van der Waals surface area contributed by atoms with Gasteiger partial charge in [-0.2, -0.15) is 0 Å². The molecule has 2 aromatic rings. The third-order valence-electron chi connectivity index (χ3n) is 4.37. The highest BCUT2D eigenvalue weighted by atomic mass is 16.5. The van der Waals surface area contributed by atoms with Crippen molar-refractivity contribution in [1.82, 2.24) is 0 Å². The van der Waals surface area contributed by atoms with Crippen LogP contribution in [-0.4, -0.2) is 26.1 Å². The van der Waals surface area contributed by atoms with Crippen LogP contribution in [0.1, 0.15) is 28.8 Å². The minimum atomic E-state index is -0.534. The molecule has 0 radical (unpaired) electrons. The average Bonchev–Trinajstić information content (AvgIpc) is 3.43. The molecule has 1 aliphatic carbocycles. The first-order chi connectivity index (χ1) is 11.6. The molecule has 124 valence electrons. The van der Waals surface area contributed by atoms with E-state index in [1.54, 1.807) is 31.4 Å². The summed E-state index contributed by atoms with van der Waals surface area (Å²) < 4.78 is 10.1. The Bertz CT molecular complexity index is 763. The van der Waals surface area contributed by atoms with Crippen molar-refractivity contribution in [2.24, 2.45) is 0 Å². The van der Waals surface area contributed by atoms with E-state index in [-0.39, 0.29) is 5.91 Å². The highest BCUT2D eigenvalue weighted by molar-refractivity contribution is 6.02. The number of methoxy groups -OCH3 is 2. The fourth-order valence-corrected chi connectivity index (χ4v) is 2.84. The first-order valence-corrected chi connectivity index (χ1v) is 7.74. The SMILES string of the molecule is COC(=O)c1ccc(NC(=O)C2(c3ccccc3OC)CC2)cc1. The van der Waals surface area contributed by atoms with Gasteiger partial charge in [0.25, 0.3) is 0 Å². The molecule has 0 spiro atoms. The Morgan fingerprint density at radius 1 is 1.00 bits per heavy atom. The predicted octanol–water partition coefficient (Wildman–Crippen LogP) is 3.15. The van der Waals surface area contributed by atoms with E-state index in [2.05, 4.69) is 10.1 Å². The number of carbonyl (C=O) groups excluding carboxylic acids is 2. The number of rotatable bonds is 5. The number of benzene rings is 2. The van der Waals surface area contributed by atoms with Crippen LogP contribution in [-0.2, 0) is 14.9 Å². The zero-order valence-electron chi connectivity index (χ0n) is 13.7. The fourth-order valence-electron chi connectivity index (χ4n) is 2.84. The summed E-state index contributed by atoms with van der Waals surface area (Å²) >= 11 is 0. The number of carbonyl (C=O) groups is 2. The highest BCUT2D eigenvalue weighted by Crippen LogP contribution is 2.51. The maximum Gasteiger partial charge on any atom is 0.337 e. The fraction of sp³-hybridized carbons (Fsp3) is 0.263. The van der Waals surface area contributed by atoms with E-state index in [0.29, 0.717) is 11.3 Å². The second-order valence-electron chi connectivity index (χ2n) is 5.81. The van der Waals surface area contributed by atoms with Crippen molar-refractivity contribution in [2.45, 2.75) is 18.3 Å². The molecule has 24 heavy (non-hydrogen) atoms. The summed E-state index contributed by atoms with van der Waals surface area (Å²) in [5.74, 6) is 0.268. The van der Waals surface area contributed by atoms with Crippen molar-refractivity contribution in [3.8, 4) is 5.75 Å². The Morgan fingerprint density at radius 3 is 2.25 bits per heavy atom. The van der Waals surface area contributed by atoms with Gasteiger partial charge < -0.3 is 14.8 Å². The van der Waals surface area contributed by atoms with Gasteiger partial charge in [0, 0.05) is 11.3 Å². The van der Waals surface area contributed by atoms with Gasteiger partial charge in [-0.1, -0.05) is 18.2 Å². The van der Waals surface area contributed by atoms with Gasteiger partial charge in [0.15, 0.2) is 0 Å². The van der Waals surface area contributed by atoms with Gasteiger partial charge in [0.05, 0.1) is 25.2 Å². The van der Waals surface area contributed by atoms with Crippen molar-refractivity contribution >= 4 is 17.6 Å². The highest BCUT2D eigenvalue weighted by Gasteiger charge is 2.52. The Morgan fingerprint density at radius 2 is 1.67 bits per heavy atom. The van der Waals surface area contributed by atoms with E-state index in [1.807, 2.05) is 24.3 Å². The molecule has 1 saturated carbocycles. The molecule has 1 fully saturated rings. The summed E-state index contributed by atoms with van der Waals surface area (Å²) in [7, 11) is 2.94. The average molecular weight is 325 g/mol. The largest absolute Gasteiger partial charge is 0.496 e. The zero-order valence-corrected chi connectivity index (χ0v) is 13.7. The molecular weight excluding hydrogens is 306 g/mol. The molecule has 0 unspecified atom stereocenters. The van der Waals surface area contributed by atoms with Gasteiger partial charge in [0.1, 0.15) is 5.75 Å².